The van der Waals surface area contributed by atoms with Gasteiger partial charge in [0, 0.05) is 28.4 Å². The molecule has 0 amide bonds. The summed E-state index contributed by atoms with van der Waals surface area (Å²) in [6.07, 6.45) is 0. The molecule has 1 aliphatic heterocycles. The van der Waals surface area contributed by atoms with Crippen molar-refractivity contribution in [3.8, 4) is 0 Å². The zero-order valence-electron chi connectivity index (χ0n) is 13.7. The molecule has 4 aromatic rings. The molecule has 0 radical (unpaired) electrons. The van der Waals surface area contributed by atoms with Crippen LogP contribution in [0.2, 0.25) is 0 Å². The molecular formula is C18H12N4O3S2. The maximum absolute atomic E-state index is 11.4. The van der Waals surface area contributed by atoms with Gasteiger partial charge in [-0.25, -0.2) is 0 Å². The Bertz CT molecular complexity index is 1350. The van der Waals surface area contributed by atoms with E-state index >= 15 is 0 Å². The fourth-order valence-electron chi connectivity index (χ4n) is 3.28. The van der Waals surface area contributed by atoms with Crippen LogP contribution >= 0.6 is 11.5 Å². The highest BCUT2D eigenvalue weighted by Crippen LogP contribution is 2.39. The fraction of sp³-hybridized carbons (Fsp3) is 0.0556. The van der Waals surface area contributed by atoms with Crippen LogP contribution in [0.3, 0.4) is 0 Å². The quantitative estimate of drug-likeness (QED) is 0.373. The number of aromatic nitrogens is 1. The van der Waals surface area contributed by atoms with Crippen molar-refractivity contribution < 1.29 is 13.0 Å². The molecule has 0 unspecified atom stereocenters. The number of anilines is 1. The van der Waals surface area contributed by atoms with E-state index in [0.29, 0.717) is 15.9 Å². The number of nitrogens with zero attached hydrogens (tertiary/aromatic N) is 3. The second kappa shape index (κ2) is 5.81. The number of azo groups is 1. The van der Waals surface area contributed by atoms with E-state index in [4.69, 9.17) is 0 Å². The molecule has 1 aliphatic rings. The lowest BCUT2D eigenvalue weighted by atomic mass is 10.0. The fourth-order valence-corrected chi connectivity index (χ4v) is 4.47. The van der Waals surface area contributed by atoms with Crippen LogP contribution in [0.5, 0.6) is 0 Å². The average Bonchev–Trinajstić information content (AvgIpc) is 3.25. The van der Waals surface area contributed by atoms with Crippen LogP contribution in [0.4, 0.5) is 16.4 Å². The molecule has 1 aromatic heterocycles. The third kappa shape index (κ3) is 2.67. The third-order valence-corrected chi connectivity index (χ3v) is 6.16. The van der Waals surface area contributed by atoms with Gasteiger partial charge in [0.1, 0.15) is 0 Å². The van der Waals surface area contributed by atoms with E-state index in [1.165, 1.54) is 17.7 Å². The van der Waals surface area contributed by atoms with Gasteiger partial charge in [0.25, 0.3) is 10.1 Å². The third-order valence-electron chi connectivity index (χ3n) is 4.55. The lowest BCUT2D eigenvalue weighted by Gasteiger charge is -2.03. The molecule has 0 saturated heterocycles. The van der Waals surface area contributed by atoms with E-state index < -0.39 is 10.1 Å². The van der Waals surface area contributed by atoms with Crippen LogP contribution in [-0.4, -0.2) is 17.3 Å². The Morgan fingerprint density at radius 3 is 2.81 bits per heavy atom. The highest BCUT2D eigenvalue weighted by atomic mass is 32.2. The highest BCUT2D eigenvalue weighted by Gasteiger charge is 2.16. The summed E-state index contributed by atoms with van der Waals surface area (Å²) in [5.41, 5.74) is 3.64. The first-order valence-corrected chi connectivity index (χ1v) is 10.3. The molecule has 134 valence electrons. The molecular weight excluding hydrogens is 384 g/mol. The second-order valence-corrected chi connectivity index (χ2v) is 8.34. The molecule has 0 spiro atoms. The first-order valence-electron chi connectivity index (χ1n) is 8.08. The lowest BCUT2D eigenvalue weighted by Crippen LogP contribution is -1.96. The number of hydrogen-bond donors (Lipinski definition) is 2. The number of benzene rings is 3. The number of hydrogen-bond acceptors (Lipinski definition) is 7. The molecule has 7 nitrogen and oxygen atoms in total. The maximum Gasteiger partial charge on any atom is 0.294 e. The van der Waals surface area contributed by atoms with Gasteiger partial charge in [-0.2, -0.15) is 12.8 Å². The van der Waals surface area contributed by atoms with Crippen molar-refractivity contribution in [2.75, 3.05) is 5.32 Å². The minimum absolute atomic E-state index is 0.192. The molecule has 0 fully saturated rings. The average molecular weight is 396 g/mol. The predicted molar refractivity (Wildman–Crippen MR) is 105 cm³/mol. The molecule has 0 bridgehead atoms. The normalized spacial score (nSPS) is 13.7. The number of fused-ring (bicyclic) bond motifs is 1. The summed E-state index contributed by atoms with van der Waals surface area (Å²) in [7, 11) is -4.29. The minimum atomic E-state index is -4.29. The van der Waals surface area contributed by atoms with Crippen molar-refractivity contribution in [2.24, 2.45) is 10.2 Å². The van der Waals surface area contributed by atoms with Gasteiger partial charge < -0.3 is 5.32 Å². The van der Waals surface area contributed by atoms with Crippen molar-refractivity contribution in [1.82, 2.24) is 4.37 Å². The van der Waals surface area contributed by atoms with Crippen LogP contribution in [0.15, 0.2) is 63.7 Å². The number of nitrogens with one attached hydrogen (secondary N) is 1. The van der Waals surface area contributed by atoms with Crippen LogP contribution in [0.25, 0.3) is 21.7 Å². The van der Waals surface area contributed by atoms with Gasteiger partial charge in [-0.3, -0.25) is 4.55 Å². The SMILES string of the molecule is O=S(=O)(O)c1ccc2nsc(/N=N/c3ccc4c5c(cccc35)CN4)c2c1. The molecule has 2 N–H and O–H groups in total. The van der Waals surface area contributed by atoms with Gasteiger partial charge in [-0.1, -0.05) is 18.2 Å². The van der Waals surface area contributed by atoms with Crippen molar-refractivity contribution in [3.63, 3.8) is 0 Å². The Balaban J connectivity index is 1.62. The van der Waals surface area contributed by atoms with E-state index in [2.05, 4.69) is 26.0 Å². The zero-order chi connectivity index (χ0) is 18.6. The number of rotatable bonds is 3. The Hall–Kier alpha value is -2.88. The Morgan fingerprint density at radius 1 is 1.07 bits per heavy atom. The Morgan fingerprint density at radius 2 is 1.96 bits per heavy atom. The summed E-state index contributed by atoms with van der Waals surface area (Å²) in [5, 5.41) is 15.2. The van der Waals surface area contributed by atoms with Crippen molar-refractivity contribution in [2.45, 2.75) is 11.4 Å². The summed E-state index contributed by atoms with van der Waals surface area (Å²) in [4.78, 5) is -0.192. The smallest absolute Gasteiger partial charge is 0.294 e. The van der Waals surface area contributed by atoms with E-state index in [1.54, 1.807) is 6.07 Å². The van der Waals surface area contributed by atoms with E-state index in [-0.39, 0.29) is 4.90 Å². The van der Waals surface area contributed by atoms with Crippen molar-refractivity contribution in [1.29, 1.82) is 0 Å². The van der Waals surface area contributed by atoms with Gasteiger partial charge in [-0.05, 0) is 47.4 Å². The van der Waals surface area contributed by atoms with Crippen LogP contribution < -0.4 is 5.32 Å². The molecule has 0 aliphatic carbocycles. The Kier molecular flexibility index (Phi) is 3.51. The highest BCUT2D eigenvalue weighted by molar-refractivity contribution is 7.85. The monoisotopic (exact) mass is 396 g/mol. The Labute approximate surface area is 158 Å². The van der Waals surface area contributed by atoms with Gasteiger partial charge >= 0.3 is 0 Å². The van der Waals surface area contributed by atoms with Crippen LogP contribution in [0, 0.1) is 0 Å². The van der Waals surface area contributed by atoms with E-state index in [0.717, 1.165) is 40.2 Å². The minimum Gasteiger partial charge on any atom is -0.380 e. The second-order valence-electron chi connectivity index (χ2n) is 6.17. The molecule has 0 atom stereocenters. The summed E-state index contributed by atoms with van der Waals surface area (Å²) in [6, 6.07) is 14.2. The van der Waals surface area contributed by atoms with Crippen LogP contribution in [0.1, 0.15) is 5.56 Å². The summed E-state index contributed by atoms with van der Waals surface area (Å²) in [5.74, 6) is 0. The molecule has 9 heteroatoms. The van der Waals surface area contributed by atoms with Crippen LogP contribution in [-0.2, 0) is 16.7 Å². The predicted octanol–water partition coefficient (Wildman–Crippen LogP) is 5.04. The van der Waals surface area contributed by atoms with Gasteiger partial charge in [0.15, 0.2) is 5.00 Å². The van der Waals surface area contributed by atoms with E-state index in [1.807, 2.05) is 24.3 Å². The molecule has 5 rings (SSSR count). The molecule has 3 aromatic carbocycles. The van der Waals surface area contributed by atoms with Crippen molar-refractivity contribution >= 4 is 59.7 Å². The van der Waals surface area contributed by atoms with Crippen molar-refractivity contribution in [3.05, 3.63) is 54.1 Å². The maximum atomic E-state index is 11.4. The molecule has 0 saturated carbocycles. The first-order chi connectivity index (χ1) is 13.0. The summed E-state index contributed by atoms with van der Waals surface area (Å²) in [6.45, 7) is 0.797. The summed E-state index contributed by atoms with van der Waals surface area (Å²) >= 11 is 1.13. The summed E-state index contributed by atoms with van der Waals surface area (Å²) < 4.78 is 36.3. The van der Waals surface area contributed by atoms with Gasteiger partial charge in [0.2, 0.25) is 0 Å². The van der Waals surface area contributed by atoms with E-state index in [9.17, 15) is 13.0 Å². The zero-order valence-corrected chi connectivity index (χ0v) is 15.4. The molecule has 2 heterocycles. The molecule has 27 heavy (non-hydrogen) atoms. The largest absolute Gasteiger partial charge is 0.380 e. The standard InChI is InChI=1S/C18H12N4O3S2/c23-27(24,25)11-4-5-15-13(8-11)18(26-22-15)21-20-14-6-7-16-17-10(9-19-16)2-1-3-12(14)17/h1-8,19H,9H2,(H,23,24,25)/b21-20+. The lowest BCUT2D eigenvalue weighted by molar-refractivity contribution is 0.483. The van der Waals surface area contributed by atoms with Gasteiger partial charge in [0.05, 0.1) is 16.1 Å². The first kappa shape index (κ1) is 16.3. The topological polar surface area (TPSA) is 104 Å². The van der Waals surface area contributed by atoms with Gasteiger partial charge in [-0.15, -0.1) is 10.2 Å².